The molecular formula is C13H17BBrFO2. The van der Waals surface area contributed by atoms with Gasteiger partial charge in [0.15, 0.2) is 0 Å². The van der Waals surface area contributed by atoms with Gasteiger partial charge in [0.1, 0.15) is 5.82 Å². The van der Waals surface area contributed by atoms with Crippen LogP contribution in [0.1, 0.15) is 33.3 Å². The van der Waals surface area contributed by atoms with E-state index >= 15 is 0 Å². The lowest BCUT2D eigenvalue weighted by molar-refractivity contribution is 0.00578. The molecule has 0 bridgehead atoms. The second-order valence-electron chi connectivity index (χ2n) is 5.57. The molecule has 1 saturated heterocycles. The highest BCUT2D eigenvalue weighted by molar-refractivity contribution is 9.08. The van der Waals surface area contributed by atoms with E-state index in [4.69, 9.17) is 9.31 Å². The van der Waals surface area contributed by atoms with Gasteiger partial charge in [0.05, 0.1) is 11.2 Å². The number of halogens is 2. The zero-order chi connectivity index (χ0) is 13.6. The molecule has 1 aliphatic heterocycles. The zero-order valence-electron chi connectivity index (χ0n) is 11.1. The van der Waals surface area contributed by atoms with E-state index in [2.05, 4.69) is 15.9 Å². The van der Waals surface area contributed by atoms with Crippen LogP contribution in [0, 0.1) is 5.82 Å². The lowest BCUT2D eigenvalue weighted by Crippen LogP contribution is -2.41. The lowest BCUT2D eigenvalue weighted by Gasteiger charge is -2.32. The van der Waals surface area contributed by atoms with Gasteiger partial charge in [-0.1, -0.05) is 22.0 Å². The van der Waals surface area contributed by atoms with Gasteiger partial charge < -0.3 is 9.31 Å². The third kappa shape index (κ3) is 2.36. The van der Waals surface area contributed by atoms with E-state index < -0.39 is 18.3 Å². The molecule has 0 saturated carbocycles. The summed E-state index contributed by atoms with van der Waals surface area (Å²) < 4.78 is 25.3. The van der Waals surface area contributed by atoms with Gasteiger partial charge in [-0.15, -0.1) is 0 Å². The van der Waals surface area contributed by atoms with E-state index in [0.29, 0.717) is 5.33 Å². The Labute approximate surface area is 116 Å². The summed E-state index contributed by atoms with van der Waals surface area (Å²) in [5.74, 6) is -0.274. The highest BCUT2D eigenvalue weighted by atomic mass is 79.9. The minimum absolute atomic E-state index is 0.274. The highest BCUT2D eigenvalue weighted by Gasteiger charge is 2.52. The number of hydrogen-bond donors (Lipinski definition) is 0. The Morgan fingerprint density at radius 3 is 2.22 bits per heavy atom. The van der Waals surface area contributed by atoms with Gasteiger partial charge in [-0.2, -0.15) is 0 Å². The van der Waals surface area contributed by atoms with Gasteiger partial charge in [0, 0.05) is 5.33 Å². The molecule has 1 aromatic rings. The molecule has 0 amide bonds. The molecule has 0 spiro atoms. The molecule has 0 atom stereocenters. The molecule has 0 unspecified atom stereocenters. The van der Waals surface area contributed by atoms with Crippen LogP contribution < -0.4 is 5.46 Å². The summed E-state index contributed by atoms with van der Waals surface area (Å²) in [6.45, 7) is 7.94. The Hall–Kier alpha value is -0.385. The molecule has 1 heterocycles. The van der Waals surface area contributed by atoms with E-state index in [1.165, 1.54) is 12.1 Å². The van der Waals surface area contributed by atoms with E-state index in [-0.39, 0.29) is 5.82 Å². The summed E-state index contributed by atoms with van der Waals surface area (Å²) in [5.41, 5.74) is 0.918. The van der Waals surface area contributed by atoms with Gasteiger partial charge in [-0.3, -0.25) is 0 Å². The van der Waals surface area contributed by atoms with Crippen molar-refractivity contribution in [3.8, 4) is 0 Å². The molecule has 5 heteroatoms. The minimum Gasteiger partial charge on any atom is -0.399 e. The lowest BCUT2D eigenvalue weighted by atomic mass is 9.76. The second-order valence-corrected chi connectivity index (χ2v) is 6.13. The molecular weight excluding hydrogens is 298 g/mol. The molecule has 98 valence electrons. The summed E-state index contributed by atoms with van der Waals surface area (Å²) in [4.78, 5) is 0. The predicted molar refractivity (Wildman–Crippen MR) is 74.7 cm³/mol. The smallest absolute Gasteiger partial charge is 0.399 e. The standard InChI is InChI=1S/C13H17BBrFO2/c1-12(2)13(3,4)18-14(17-12)11-7-10(16)6-5-9(11)8-15/h5-7H,8H2,1-4H3. The largest absolute Gasteiger partial charge is 0.495 e. The first-order chi connectivity index (χ1) is 8.27. The molecule has 2 rings (SSSR count). The maximum Gasteiger partial charge on any atom is 0.495 e. The van der Waals surface area contributed by atoms with E-state index in [1.54, 1.807) is 6.07 Å². The van der Waals surface area contributed by atoms with Crippen molar-refractivity contribution in [3.05, 3.63) is 29.6 Å². The van der Waals surface area contributed by atoms with Crippen molar-refractivity contribution in [2.45, 2.75) is 44.2 Å². The van der Waals surface area contributed by atoms with E-state index in [9.17, 15) is 4.39 Å². The fourth-order valence-corrected chi connectivity index (χ4v) is 2.39. The fraction of sp³-hybridized carbons (Fsp3) is 0.538. The molecule has 1 fully saturated rings. The monoisotopic (exact) mass is 314 g/mol. The third-order valence-corrected chi connectivity index (χ3v) is 4.36. The first-order valence-corrected chi connectivity index (χ1v) is 7.09. The van der Waals surface area contributed by atoms with Crippen LogP contribution in [-0.4, -0.2) is 18.3 Å². The first kappa shape index (κ1) is 14.0. The van der Waals surface area contributed by atoms with E-state index in [1.807, 2.05) is 27.7 Å². The number of benzene rings is 1. The molecule has 0 aromatic heterocycles. The Balaban J connectivity index is 2.37. The number of alkyl halides is 1. The molecule has 2 nitrogen and oxygen atoms in total. The normalized spacial score (nSPS) is 21.3. The fourth-order valence-electron chi connectivity index (χ4n) is 1.88. The van der Waals surface area contributed by atoms with Crippen LogP contribution in [0.4, 0.5) is 4.39 Å². The second kappa shape index (κ2) is 4.62. The van der Waals surface area contributed by atoms with E-state index in [0.717, 1.165) is 11.0 Å². The summed E-state index contributed by atoms with van der Waals surface area (Å²) >= 11 is 3.40. The van der Waals surface area contributed by atoms with Crippen molar-refractivity contribution in [2.24, 2.45) is 0 Å². The van der Waals surface area contributed by atoms with Crippen LogP contribution >= 0.6 is 15.9 Å². The van der Waals surface area contributed by atoms with Crippen molar-refractivity contribution in [3.63, 3.8) is 0 Å². The Morgan fingerprint density at radius 1 is 1.17 bits per heavy atom. The summed E-state index contributed by atoms with van der Waals surface area (Å²) in [7, 11) is -0.516. The Kier molecular flexibility index (Phi) is 3.60. The van der Waals surface area contributed by atoms with Crippen molar-refractivity contribution in [1.82, 2.24) is 0 Å². The van der Waals surface area contributed by atoms with Gasteiger partial charge in [0.25, 0.3) is 0 Å². The van der Waals surface area contributed by atoms with Crippen molar-refractivity contribution in [1.29, 1.82) is 0 Å². The molecule has 0 N–H and O–H groups in total. The van der Waals surface area contributed by atoms with Crippen LogP contribution in [-0.2, 0) is 14.6 Å². The SMILES string of the molecule is CC1(C)OB(c2cc(F)ccc2CBr)OC1(C)C. The minimum atomic E-state index is -0.516. The van der Waals surface area contributed by atoms with Crippen LogP contribution in [0.5, 0.6) is 0 Å². The third-order valence-electron chi connectivity index (χ3n) is 3.76. The first-order valence-electron chi connectivity index (χ1n) is 5.97. The zero-order valence-corrected chi connectivity index (χ0v) is 12.7. The maximum atomic E-state index is 13.4. The summed E-state index contributed by atoms with van der Waals surface area (Å²) in [6.07, 6.45) is 0. The predicted octanol–water partition coefficient (Wildman–Crippen LogP) is 3.02. The summed E-state index contributed by atoms with van der Waals surface area (Å²) in [6, 6.07) is 4.69. The summed E-state index contributed by atoms with van der Waals surface area (Å²) in [5, 5.41) is 0.646. The molecule has 1 aromatic carbocycles. The number of rotatable bonds is 2. The van der Waals surface area contributed by atoms with Gasteiger partial charge >= 0.3 is 7.12 Å². The van der Waals surface area contributed by atoms with Crippen LogP contribution in [0.15, 0.2) is 18.2 Å². The van der Waals surface area contributed by atoms with Gasteiger partial charge in [-0.05, 0) is 50.9 Å². The topological polar surface area (TPSA) is 18.5 Å². The maximum absolute atomic E-state index is 13.4. The van der Waals surface area contributed by atoms with Crippen LogP contribution in [0.25, 0.3) is 0 Å². The van der Waals surface area contributed by atoms with Crippen LogP contribution in [0.2, 0.25) is 0 Å². The molecule has 18 heavy (non-hydrogen) atoms. The average Bonchev–Trinajstić information content (AvgIpc) is 2.48. The highest BCUT2D eigenvalue weighted by Crippen LogP contribution is 2.36. The Morgan fingerprint density at radius 2 is 1.72 bits per heavy atom. The Bertz CT molecular complexity index is 446. The number of hydrogen-bond acceptors (Lipinski definition) is 2. The van der Waals surface area contributed by atoms with Gasteiger partial charge in [0.2, 0.25) is 0 Å². The molecule has 0 aliphatic carbocycles. The quantitative estimate of drug-likeness (QED) is 0.617. The average molecular weight is 315 g/mol. The van der Waals surface area contributed by atoms with Gasteiger partial charge in [-0.25, -0.2) is 4.39 Å². The van der Waals surface area contributed by atoms with Crippen LogP contribution in [0.3, 0.4) is 0 Å². The molecule has 0 radical (unpaired) electrons. The van der Waals surface area contributed by atoms with Crippen molar-refractivity contribution >= 4 is 28.5 Å². The molecule has 1 aliphatic rings. The van der Waals surface area contributed by atoms with Crippen molar-refractivity contribution in [2.75, 3.05) is 0 Å². The van der Waals surface area contributed by atoms with Crippen molar-refractivity contribution < 1.29 is 13.7 Å².